The maximum Gasteiger partial charge on any atom is 0.252 e. The molecule has 1 aromatic heterocycles. The molecule has 1 aliphatic carbocycles. The summed E-state index contributed by atoms with van der Waals surface area (Å²) in [6.07, 6.45) is -0.350. The summed E-state index contributed by atoms with van der Waals surface area (Å²) in [4.78, 5) is 0. The largest absolute Gasteiger partial charge is 0.390 e. The van der Waals surface area contributed by atoms with Gasteiger partial charge in [0.1, 0.15) is 11.5 Å². The van der Waals surface area contributed by atoms with Gasteiger partial charge < -0.3 is 9.63 Å². The quantitative estimate of drug-likeness (QED) is 0.724. The zero-order valence-electron chi connectivity index (χ0n) is 6.89. The van der Waals surface area contributed by atoms with E-state index in [1.165, 1.54) is 0 Å². The molecule has 1 aliphatic rings. The Kier molecular flexibility index (Phi) is 1.83. The molecule has 0 radical (unpaired) electrons. The van der Waals surface area contributed by atoms with E-state index in [4.69, 9.17) is 9.63 Å². The maximum absolute atomic E-state index is 12.9. The van der Waals surface area contributed by atoms with E-state index in [1.54, 1.807) is 0 Å². The fourth-order valence-electron chi connectivity index (χ4n) is 1.55. The molecule has 1 heterocycles. The third kappa shape index (κ3) is 1.44. The molecule has 1 N–H and O–H groups in total. The molecule has 13 heavy (non-hydrogen) atoms. The van der Waals surface area contributed by atoms with Gasteiger partial charge in [0, 0.05) is 24.8 Å². The van der Waals surface area contributed by atoms with E-state index in [2.05, 4.69) is 5.16 Å². The molecular weight excluding hydrogens is 180 g/mol. The number of halogens is 2. The highest BCUT2D eigenvalue weighted by Gasteiger charge is 2.37. The molecule has 0 atom stereocenters. The normalized spacial score (nSPS) is 19.9. The van der Waals surface area contributed by atoms with E-state index in [-0.39, 0.29) is 31.6 Å². The van der Waals surface area contributed by atoms with E-state index < -0.39 is 5.92 Å². The first-order chi connectivity index (χ1) is 6.12. The van der Waals surface area contributed by atoms with Crippen molar-refractivity contribution in [3.63, 3.8) is 0 Å². The first kappa shape index (κ1) is 8.62. The van der Waals surface area contributed by atoms with Crippen molar-refractivity contribution in [1.29, 1.82) is 0 Å². The van der Waals surface area contributed by atoms with E-state index in [1.807, 2.05) is 0 Å². The van der Waals surface area contributed by atoms with Crippen LogP contribution < -0.4 is 0 Å². The van der Waals surface area contributed by atoms with Crippen molar-refractivity contribution >= 4 is 0 Å². The van der Waals surface area contributed by atoms with Gasteiger partial charge in [0.25, 0.3) is 5.92 Å². The van der Waals surface area contributed by atoms with E-state index in [0.717, 1.165) is 0 Å². The third-order valence-corrected chi connectivity index (χ3v) is 2.25. The second-order valence-corrected chi connectivity index (χ2v) is 3.22. The molecule has 0 saturated heterocycles. The molecule has 0 amide bonds. The van der Waals surface area contributed by atoms with Crippen molar-refractivity contribution in [1.82, 2.24) is 5.16 Å². The number of rotatable bonds is 1. The fourth-order valence-corrected chi connectivity index (χ4v) is 1.55. The average Bonchev–Trinajstić information content (AvgIpc) is 2.44. The van der Waals surface area contributed by atoms with Crippen molar-refractivity contribution in [2.24, 2.45) is 0 Å². The van der Waals surface area contributed by atoms with Crippen LogP contribution in [-0.2, 0) is 19.4 Å². The Hall–Kier alpha value is -0.970. The Labute approximate surface area is 73.3 Å². The summed E-state index contributed by atoms with van der Waals surface area (Å²) in [7, 11) is 0. The number of fused-ring (bicyclic) bond motifs is 1. The Morgan fingerprint density at radius 3 is 3.00 bits per heavy atom. The monoisotopic (exact) mass is 189 g/mol. The predicted octanol–water partition coefficient (Wildman–Crippen LogP) is 1.29. The number of nitrogens with zero attached hydrogens (tertiary/aromatic N) is 1. The van der Waals surface area contributed by atoms with Gasteiger partial charge in [-0.25, -0.2) is 8.78 Å². The molecule has 0 aliphatic heterocycles. The fraction of sp³-hybridized carbons (Fsp3) is 0.625. The minimum atomic E-state index is -2.68. The average molecular weight is 189 g/mol. The molecule has 0 bridgehead atoms. The van der Waals surface area contributed by atoms with E-state index in [9.17, 15) is 8.78 Å². The molecule has 3 nitrogen and oxygen atoms in total. The van der Waals surface area contributed by atoms with Gasteiger partial charge in [0.15, 0.2) is 0 Å². The van der Waals surface area contributed by atoms with Gasteiger partial charge in [-0.2, -0.15) is 0 Å². The van der Waals surface area contributed by atoms with Crippen LogP contribution in [0.5, 0.6) is 0 Å². The lowest BCUT2D eigenvalue weighted by molar-refractivity contribution is -0.0149. The topological polar surface area (TPSA) is 46.3 Å². The number of hydrogen-bond donors (Lipinski definition) is 1. The van der Waals surface area contributed by atoms with Crippen LogP contribution >= 0.6 is 0 Å². The SMILES string of the molecule is OCc1noc2c1CC(F)(F)CC2. The Balaban J connectivity index is 2.36. The summed E-state index contributed by atoms with van der Waals surface area (Å²) in [5, 5.41) is 12.3. The van der Waals surface area contributed by atoms with Crippen LogP contribution in [0, 0.1) is 0 Å². The van der Waals surface area contributed by atoms with Crippen LogP contribution in [0.15, 0.2) is 4.52 Å². The lowest BCUT2D eigenvalue weighted by Crippen LogP contribution is -2.25. The van der Waals surface area contributed by atoms with Gasteiger partial charge in [-0.3, -0.25) is 0 Å². The Morgan fingerprint density at radius 1 is 1.54 bits per heavy atom. The first-order valence-electron chi connectivity index (χ1n) is 4.07. The number of aromatic nitrogens is 1. The highest BCUT2D eigenvalue weighted by atomic mass is 19.3. The van der Waals surface area contributed by atoms with Crippen LogP contribution in [-0.4, -0.2) is 16.2 Å². The first-order valence-corrected chi connectivity index (χ1v) is 4.07. The number of hydrogen-bond acceptors (Lipinski definition) is 3. The van der Waals surface area contributed by atoms with Gasteiger partial charge in [-0.1, -0.05) is 5.16 Å². The lowest BCUT2D eigenvalue weighted by Gasteiger charge is -2.20. The Bertz CT molecular complexity index is 308. The van der Waals surface area contributed by atoms with Crippen molar-refractivity contribution in [3.8, 4) is 0 Å². The molecular formula is C8H9F2NO2. The van der Waals surface area contributed by atoms with Crippen molar-refractivity contribution in [3.05, 3.63) is 17.0 Å². The zero-order chi connectivity index (χ0) is 9.47. The molecule has 0 unspecified atom stereocenters. The standard InChI is InChI=1S/C8H9F2NO2/c9-8(10)2-1-7-5(3-8)6(4-12)11-13-7/h12H,1-4H2. The van der Waals surface area contributed by atoms with Crippen molar-refractivity contribution < 1.29 is 18.4 Å². The summed E-state index contributed by atoms with van der Waals surface area (Å²) in [5.74, 6) is -2.18. The van der Waals surface area contributed by atoms with Crippen LogP contribution in [0.3, 0.4) is 0 Å². The highest BCUT2D eigenvalue weighted by molar-refractivity contribution is 5.26. The second kappa shape index (κ2) is 2.77. The number of aryl methyl sites for hydroxylation is 1. The van der Waals surface area contributed by atoms with Gasteiger partial charge >= 0.3 is 0 Å². The smallest absolute Gasteiger partial charge is 0.252 e. The highest BCUT2D eigenvalue weighted by Crippen LogP contribution is 2.34. The molecule has 0 saturated carbocycles. The molecule has 72 valence electrons. The number of aliphatic hydroxyl groups excluding tert-OH is 1. The third-order valence-electron chi connectivity index (χ3n) is 2.25. The summed E-state index contributed by atoms with van der Waals surface area (Å²) in [6, 6.07) is 0. The van der Waals surface area contributed by atoms with Crippen LogP contribution in [0.2, 0.25) is 0 Å². The van der Waals surface area contributed by atoms with Crippen LogP contribution in [0.25, 0.3) is 0 Å². The van der Waals surface area contributed by atoms with Gasteiger partial charge in [0.05, 0.1) is 6.61 Å². The second-order valence-electron chi connectivity index (χ2n) is 3.22. The van der Waals surface area contributed by atoms with Crippen molar-refractivity contribution in [2.45, 2.75) is 31.8 Å². The summed E-state index contributed by atoms with van der Waals surface area (Å²) >= 11 is 0. The van der Waals surface area contributed by atoms with Gasteiger partial charge in [-0.15, -0.1) is 0 Å². The van der Waals surface area contributed by atoms with Gasteiger partial charge in [0.2, 0.25) is 0 Å². The summed E-state index contributed by atoms with van der Waals surface area (Å²) in [5.41, 5.74) is 0.633. The lowest BCUT2D eigenvalue weighted by atomic mass is 9.93. The molecule has 5 heteroatoms. The van der Waals surface area contributed by atoms with Gasteiger partial charge in [-0.05, 0) is 0 Å². The minimum absolute atomic E-state index is 0.194. The zero-order valence-corrected chi connectivity index (χ0v) is 6.89. The number of alkyl halides is 2. The van der Waals surface area contributed by atoms with Crippen molar-refractivity contribution in [2.75, 3.05) is 0 Å². The molecule has 0 aromatic carbocycles. The van der Waals surface area contributed by atoms with Crippen LogP contribution in [0.1, 0.15) is 23.4 Å². The molecule has 1 aromatic rings. The van der Waals surface area contributed by atoms with Crippen LogP contribution in [0.4, 0.5) is 8.78 Å². The number of aliphatic hydroxyl groups is 1. The Morgan fingerprint density at radius 2 is 2.31 bits per heavy atom. The van der Waals surface area contributed by atoms with E-state index in [0.29, 0.717) is 11.3 Å². The molecule has 2 rings (SSSR count). The molecule has 0 spiro atoms. The summed E-state index contributed by atoms with van der Waals surface area (Å²) < 4.78 is 30.7. The minimum Gasteiger partial charge on any atom is -0.390 e. The van der Waals surface area contributed by atoms with E-state index >= 15 is 0 Å². The maximum atomic E-state index is 12.9. The summed E-state index contributed by atoms with van der Waals surface area (Å²) in [6.45, 7) is -0.338. The predicted molar refractivity (Wildman–Crippen MR) is 39.4 cm³/mol. The molecule has 0 fully saturated rings.